The van der Waals surface area contributed by atoms with Gasteiger partial charge in [0.1, 0.15) is 0 Å². The molecule has 0 heterocycles. The SMILES string of the molecule is COP([O-])(OC)(OC)OC. The molecule has 5 nitrogen and oxygen atoms in total. The zero-order valence-electron chi connectivity index (χ0n) is 6.49. The fourth-order valence-corrected chi connectivity index (χ4v) is 1.34. The van der Waals surface area contributed by atoms with E-state index in [4.69, 9.17) is 0 Å². The molecule has 0 atom stereocenters. The molecule has 0 saturated heterocycles. The van der Waals surface area contributed by atoms with Crippen LogP contribution in [0.25, 0.3) is 0 Å². The van der Waals surface area contributed by atoms with E-state index in [1.54, 1.807) is 0 Å². The fraction of sp³-hybridized carbons (Fsp3) is 1.00. The average molecular weight is 171 g/mol. The molecule has 0 unspecified atom stereocenters. The van der Waals surface area contributed by atoms with Crippen LogP contribution in [0.4, 0.5) is 0 Å². The molecule has 0 rings (SSSR count). The van der Waals surface area contributed by atoms with Gasteiger partial charge in [-0.2, -0.15) is 0 Å². The predicted octanol–water partition coefficient (Wildman–Crippen LogP) is 0.0606. The Morgan fingerprint density at radius 1 is 0.800 bits per heavy atom. The summed E-state index contributed by atoms with van der Waals surface area (Å²) in [5.41, 5.74) is 0. The first-order chi connectivity index (χ1) is 4.54. The summed E-state index contributed by atoms with van der Waals surface area (Å²) < 4.78 is 17.9. The van der Waals surface area contributed by atoms with E-state index in [1.165, 1.54) is 28.4 Å². The zero-order chi connectivity index (χ0) is 8.28. The van der Waals surface area contributed by atoms with Gasteiger partial charge in [0, 0.05) is 0 Å². The van der Waals surface area contributed by atoms with Crippen molar-refractivity contribution in [2.75, 3.05) is 28.4 Å². The van der Waals surface area contributed by atoms with Crippen molar-refractivity contribution in [2.45, 2.75) is 0 Å². The summed E-state index contributed by atoms with van der Waals surface area (Å²) in [5, 5.41) is 0. The van der Waals surface area contributed by atoms with Crippen LogP contribution in [-0.4, -0.2) is 28.4 Å². The number of hydrogen-bond donors (Lipinski definition) is 0. The van der Waals surface area contributed by atoms with Crippen molar-refractivity contribution < 1.29 is 23.0 Å². The van der Waals surface area contributed by atoms with Crippen LogP contribution in [0.2, 0.25) is 0 Å². The quantitative estimate of drug-likeness (QED) is 0.560. The van der Waals surface area contributed by atoms with E-state index in [0.29, 0.717) is 0 Å². The van der Waals surface area contributed by atoms with Crippen molar-refractivity contribution in [1.29, 1.82) is 0 Å². The van der Waals surface area contributed by atoms with Crippen LogP contribution >= 0.6 is 7.74 Å². The van der Waals surface area contributed by atoms with E-state index < -0.39 is 7.74 Å². The second-order valence-corrected chi connectivity index (χ2v) is 4.43. The van der Waals surface area contributed by atoms with E-state index in [-0.39, 0.29) is 0 Å². The second kappa shape index (κ2) is 3.09. The maximum absolute atomic E-state index is 11.4. The van der Waals surface area contributed by atoms with Gasteiger partial charge in [0.15, 0.2) is 0 Å². The van der Waals surface area contributed by atoms with Crippen molar-refractivity contribution >= 4 is 7.74 Å². The van der Waals surface area contributed by atoms with E-state index in [1.807, 2.05) is 0 Å². The molecule has 0 amide bonds. The van der Waals surface area contributed by atoms with E-state index in [0.717, 1.165) is 0 Å². The van der Waals surface area contributed by atoms with Gasteiger partial charge in [-0.25, -0.2) is 0 Å². The molecule has 0 N–H and O–H groups in total. The van der Waals surface area contributed by atoms with E-state index >= 15 is 0 Å². The van der Waals surface area contributed by atoms with Gasteiger partial charge in [-0.1, -0.05) is 0 Å². The molecule has 0 aromatic rings. The van der Waals surface area contributed by atoms with Crippen LogP contribution in [0.3, 0.4) is 0 Å². The first-order valence-electron chi connectivity index (χ1n) is 2.55. The Labute approximate surface area is 60.2 Å². The summed E-state index contributed by atoms with van der Waals surface area (Å²) in [5.74, 6) is 0. The summed E-state index contributed by atoms with van der Waals surface area (Å²) in [4.78, 5) is 11.4. The van der Waals surface area contributed by atoms with Crippen LogP contribution in [0, 0.1) is 0 Å². The van der Waals surface area contributed by atoms with Crippen molar-refractivity contribution in [2.24, 2.45) is 0 Å². The van der Waals surface area contributed by atoms with Crippen molar-refractivity contribution in [3.05, 3.63) is 0 Å². The predicted molar refractivity (Wildman–Crippen MR) is 35.0 cm³/mol. The Bertz CT molecular complexity index is 88.7. The molecule has 10 heavy (non-hydrogen) atoms. The molecule has 0 aliphatic heterocycles. The average Bonchev–Trinajstić information content (AvgIpc) is 2.04. The molecule has 0 fully saturated rings. The molecule has 0 aliphatic carbocycles. The molecule has 0 aromatic heterocycles. The van der Waals surface area contributed by atoms with Gasteiger partial charge in [0.2, 0.25) is 0 Å². The first kappa shape index (κ1) is 10.2. The van der Waals surface area contributed by atoms with Crippen LogP contribution in [-0.2, 0) is 18.1 Å². The summed E-state index contributed by atoms with van der Waals surface area (Å²) in [6.07, 6.45) is 0. The van der Waals surface area contributed by atoms with Gasteiger partial charge >= 0.3 is 59.2 Å². The molecule has 0 spiro atoms. The summed E-state index contributed by atoms with van der Waals surface area (Å²) in [6.45, 7) is 0. The minimum absolute atomic E-state index is 1.18. The van der Waals surface area contributed by atoms with Gasteiger partial charge < -0.3 is 0 Å². The van der Waals surface area contributed by atoms with Gasteiger partial charge in [0.25, 0.3) is 0 Å². The minimum atomic E-state index is -4.40. The van der Waals surface area contributed by atoms with E-state index in [2.05, 4.69) is 18.1 Å². The Morgan fingerprint density at radius 3 is 1.00 bits per heavy atom. The van der Waals surface area contributed by atoms with Crippen LogP contribution in [0.5, 0.6) is 0 Å². The topological polar surface area (TPSA) is 60.0 Å². The van der Waals surface area contributed by atoms with Crippen LogP contribution < -0.4 is 4.89 Å². The Morgan fingerprint density at radius 2 is 1.00 bits per heavy atom. The first-order valence-corrected chi connectivity index (χ1v) is 4.37. The summed E-state index contributed by atoms with van der Waals surface area (Å²) in [7, 11) is 0.325. The molecular weight excluding hydrogens is 159 g/mol. The molecule has 0 aromatic carbocycles. The van der Waals surface area contributed by atoms with Crippen LogP contribution in [0.1, 0.15) is 0 Å². The molecule has 6 heteroatoms. The molecule has 0 bridgehead atoms. The molecular formula is C4H12O5P-. The summed E-state index contributed by atoms with van der Waals surface area (Å²) >= 11 is 0. The number of hydrogen-bond acceptors (Lipinski definition) is 5. The monoisotopic (exact) mass is 171 g/mol. The van der Waals surface area contributed by atoms with E-state index in [9.17, 15) is 4.89 Å². The molecule has 0 radical (unpaired) electrons. The normalized spacial score (nSPS) is 16.3. The third-order valence-corrected chi connectivity index (χ3v) is 3.58. The Kier molecular flexibility index (Phi) is 3.16. The Hall–Kier alpha value is 0.230. The van der Waals surface area contributed by atoms with Crippen molar-refractivity contribution in [3.63, 3.8) is 0 Å². The third-order valence-electron chi connectivity index (χ3n) is 1.19. The zero-order valence-corrected chi connectivity index (χ0v) is 7.38. The maximum atomic E-state index is 11.4. The standard InChI is InChI=1S/C4H12O5P/c1-6-10(5,7-2,8-3)9-4/h1-4H3/q-1. The van der Waals surface area contributed by atoms with Crippen molar-refractivity contribution in [1.82, 2.24) is 0 Å². The van der Waals surface area contributed by atoms with Gasteiger partial charge in [-0.05, 0) is 0 Å². The molecule has 64 valence electrons. The Balaban J connectivity index is 4.42. The third kappa shape index (κ3) is 1.63. The van der Waals surface area contributed by atoms with Crippen LogP contribution in [0.15, 0.2) is 0 Å². The second-order valence-electron chi connectivity index (χ2n) is 1.48. The molecule has 0 aliphatic rings. The number of rotatable bonds is 4. The van der Waals surface area contributed by atoms with Crippen molar-refractivity contribution in [3.8, 4) is 0 Å². The summed E-state index contributed by atoms with van der Waals surface area (Å²) in [6, 6.07) is 0. The molecule has 0 saturated carbocycles. The van der Waals surface area contributed by atoms with Gasteiger partial charge in [-0.15, -0.1) is 0 Å². The van der Waals surface area contributed by atoms with Gasteiger partial charge in [0.05, 0.1) is 0 Å². The van der Waals surface area contributed by atoms with Gasteiger partial charge in [-0.3, -0.25) is 0 Å². The fourth-order valence-electron chi connectivity index (χ4n) is 0.447.